The van der Waals surface area contributed by atoms with Gasteiger partial charge in [0.15, 0.2) is 0 Å². The van der Waals surface area contributed by atoms with Gasteiger partial charge in [0.05, 0.1) is 16.8 Å². The zero-order valence-corrected chi connectivity index (χ0v) is 12.6. The Kier molecular flexibility index (Phi) is 3.95. The van der Waals surface area contributed by atoms with Crippen molar-refractivity contribution in [1.82, 2.24) is 4.98 Å². The summed E-state index contributed by atoms with van der Waals surface area (Å²) in [5.74, 6) is -0.456. The van der Waals surface area contributed by atoms with E-state index >= 15 is 0 Å². The van der Waals surface area contributed by atoms with E-state index in [4.69, 9.17) is 17.3 Å². The SMILES string of the molecule is CC(C)(C)c1csc(C(N)c2ccc(Cl)c(F)c2)n1. The summed E-state index contributed by atoms with van der Waals surface area (Å²) in [4.78, 5) is 4.55. The van der Waals surface area contributed by atoms with Gasteiger partial charge >= 0.3 is 0 Å². The molecule has 0 saturated carbocycles. The highest BCUT2D eigenvalue weighted by Crippen LogP contribution is 2.29. The van der Waals surface area contributed by atoms with Crippen LogP contribution in [-0.4, -0.2) is 4.98 Å². The fourth-order valence-corrected chi connectivity index (χ4v) is 2.81. The van der Waals surface area contributed by atoms with Crippen LogP contribution < -0.4 is 5.73 Å². The highest BCUT2D eigenvalue weighted by molar-refractivity contribution is 7.09. The minimum Gasteiger partial charge on any atom is -0.318 e. The first kappa shape index (κ1) is 14.4. The van der Waals surface area contributed by atoms with Crippen LogP contribution in [0.3, 0.4) is 0 Å². The van der Waals surface area contributed by atoms with Gasteiger partial charge in [-0.3, -0.25) is 0 Å². The molecule has 19 heavy (non-hydrogen) atoms. The van der Waals surface area contributed by atoms with Gasteiger partial charge in [-0.25, -0.2) is 9.37 Å². The van der Waals surface area contributed by atoms with Crippen LogP contribution >= 0.6 is 22.9 Å². The summed E-state index contributed by atoms with van der Waals surface area (Å²) >= 11 is 7.16. The zero-order chi connectivity index (χ0) is 14.2. The Morgan fingerprint density at radius 2 is 2.05 bits per heavy atom. The molecule has 0 aliphatic heterocycles. The van der Waals surface area contributed by atoms with E-state index in [0.29, 0.717) is 5.56 Å². The van der Waals surface area contributed by atoms with Gasteiger partial charge in [-0.15, -0.1) is 11.3 Å². The molecule has 1 unspecified atom stereocenters. The molecule has 2 N–H and O–H groups in total. The van der Waals surface area contributed by atoms with Crippen LogP contribution in [0.4, 0.5) is 4.39 Å². The smallest absolute Gasteiger partial charge is 0.142 e. The molecule has 1 aromatic heterocycles. The van der Waals surface area contributed by atoms with Crippen LogP contribution in [0.15, 0.2) is 23.6 Å². The number of nitrogens with zero attached hydrogens (tertiary/aromatic N) is 1. The molecule has 0 aliphatic rings. The molecule has 2 aromatic rings. The predicted octanol–water partition coefficient (Wildman–Crippen LogP) is 4.28. The van der Waals surface area contributed by atoms with E-state index in [1.807, 2.05) is 5.38 Å². The quantitative estimate of drug-likeness (QED) is 0.898. The Bertz CT molecular complexity index is 589. The number of aromatic nitrogens is 1. The summed E-state index contributed by atoms with van der Waals surface area (Å²) in [5, 5.41) is 2.89. The van der Waals surface area contributed by atoms with Gasteiger partial charge in [-0.05, 0) is 17.7 Å². The zero-order valence-electron chi connectivity index (χ0n) is 11.1. The second kappa shape index (κ2) is 5.19. The van der Waals surface area contributed by atoms with Crippen LogP contribution in [-0.2, 0) is 5.41 Å². The molecule has 0 radical (unpaired) electrons. The highest BCUT2D eigenvalue weighted by atomic mass is 35.5. The molecule has 1 aromatic carbocycles. The first-order valence-corrected chi connectivity index (χ1v) is 7.21. The van der Waals surface area contributed by atoms with Crippen LogP contribution in [0, 0.1) is 5.82 Å². The normalized spacial score (nSPS) is 13.6. The van der Waals surface area contributed by atoms with E-state index in [0.717, 1.165) is 10.7 Å². The standard InChI is InChI=1S/C14H16ClFN2S/c1-14(2,3)11-7-19-13(18-11)12(17)8-4-5-9(15)10(16)6-8/h4-7,12H,17H2,1-3H3. The summed E-state index contributed by atoms with van der Waals surface area (Å²) in [6, 6.07) is 4.19. The third-order valence-electron chi connectivity index (χ3n) is 2.86. The molecule has 1 atom stereocenters. The van der Waals surface area contributed by atoms with E-state index in [2.05, 4.69) is 25.8 Å². The number of benzene rings is 1. The van der Waals surface area contributed by atoms with E-state index in [-0.39, 0.29) is 10.4 Å². The molecule has 0 spiro atoms. The number of nitrogens with two attached hydrogens (primary N) is 1. The predicted molar refractivity (Wildman–Crippen MR) is 78.3 cm³/mol. The number of rotatable bonds is 2. The van der Waals surface area contributed by atoms with Crippen molar-refractivity contribution in [2.75, 3.05) is 0 Å². The maximum Gasteiger partial charge on any atom is 0.142 e. The number of thiazole rings is 1. The fraction of sp³-hybridized carbons (Fsp3) is 0.357. The molecule has 0 bridgehead atoms. The van der Waals surface area contributed by atoms with Gasteiger partial charge in [-0.2, -0.15) is 0 Å². The first-order valence-electron chi connectivity index (χ1n) is 5.95. The summed E-state index contributed by atoms with van der Waals surface area (Å²) in [7, 11) is 0. The largest absolute Gasteiger partial charge is 0.318 e. The summed E-state index contributed by atoms with van der Waals surface area (Å²) in [6.45, 7) is 6.29. The molecule has 1 heterocycles. The van der Waals surface area contributed by atoms with Gasteiger partial charge in [0, 0.05) is 10.8 Å². The Hall–Kier alpha value is -0.970. The van der Waals surface area contributed by atoms with Crippen molar-refractivity contribution in [2.24, 2.45) is 5.73 Å². The third-order valence-corrected chi connectivity index (χ3v) is 4.09. The van der Waals surface area contributed by atoms with E-state index in [1.54, 1.807) is 6.07 Å². The average Bonchev–Trinajstić information content (AvgIpc) is 2.81. The Labute approximate surface area is 121 Å². The van der Waals surface area contributed by atoms with Crippen LogP contribution in [0.1, 0.15) is 43.1 Å². The van der Waals surface area contributed by atoms with Gasteiger partial charge in [0.1, 0.15) is 10.8 Å². The van der Waals surface area contributed by atoms with Crippen molar-refractivity contribution in [1.29, 1.82) is 0 Å². The average molecular weight is 299 g/mol. The Morgan fingerprint density at radius 1 is 1.37 bits per heavy atom. The summed E-state index contributed by atoms with van der Waals surface area (Å²) in [5.41, 5.74) is 7.79. The first-order chi connectivity index (χ1) is 8.79. The van der Waals surface area contributed by atoms with Crippen molar-refractivity contribution < 1.29 is 4.39 Å². The third kappa shape index (κ3) is 3.14. The lowest BCUT2D eigenvalue weighted by Gasteiger charge is -2.15. The van der Waals surface area contributed by atoms with Crippen LogP contribution in [0.25, 0.3) is 0 Å². The van der Waals surface area contributed by atoms with Gasteiger partial charge in [-0.1, -0.05) is 38.4 Å². The van der Waals surface area contributed by atoms with Crippen molar-refractivity contribution in [3.63, 3.8) is 0 Å². The molecular formula is C14H16ClFN2S. The molecule has 102 valence electrons. The van der Waals surface area contributed by atoms with Crippen molar-refractivity contribution in [2.45, 2.75) is 32.2 Å². The van der Waals surface area contributed by atoms with Crippen LogP contribution in [0.2, 0.25) is 5.02 Å². The highest BCUT2D eigenvalue weighted by Gasteiger charge is 2.20. The molecular weight excluding hydrogens is 283 g/mol. The monoisotopic (exact) mass is 298 g/mol. The molecule has 0 aliphatic carbocycles. The van der Waals surface area contributed by atoms with Crippen molar-refractivity contribution in [3.8, 4) is 0 Å². The van der Waals surface area contributed by atoms with Crippen LogP contribution in [0.5, 0.6) is 0 Å². The van der Waals surface area contributed by atoms with Gasteiger partial charge in [0.25, 0.3) is 0 Å². The van der Waals surface area contributed by atoms with Gasteiger partial charge in [0.2, 0.25) is 0 Å². The summed E-state index contributed by atoms with van der Waals surface area (Å²) in [6.07, 6.45) is 0. The number of halogens is 2. The van der Waals surface area contributed by atoms with E-state index in [1.165, 1.54) is 23.5 Å². The lowest BCUT2D eigenvalue weighted by atomic mass is 9.93. The molecule has 0 saturated heterocycles. The fourth-order valence-electron chi connectivity index (χ4n) is 1.62. The van der Waals surface area contributed by atoms with Crippen molar-refractivity contribution >= 4 is 22.9 Å². The minimum atomic E-state index is -0.456. The topological polar surface area (TPSA) is 38.9 Å². The van der Waals surface area contributed by atoms with E-state index < -0.39 is 11.9 Å². The minimum absolute atomic E-state index is 0.0142. The summed E-state index contributed by atoms with van der Waals surface area (Å²) < 4.78 is 13.4. The number of hydrogen-bond donors (Lipinski definition) is 1. The van der Waals surface area contributed by atoms with Crippen molar-refractivity contribution in [3.05, 3.63) is 50.7 Å². The number of hydrogen-bond acceptors (Lipinski definition) is 3. The maximum atomic E-state index is 13.4. The molecule has 2 nitrogen and oxygen atoms in total. The lowest BCUT2D eigenvalue weighted by molar-refractivity contribution is 0.569. The maximum absolute atomic E-state index is 13.4. The Morgan fingerprint density at radius 3 is 2.58 bits per heavy atom. The molecule has 2 rings (SSSR count). The molecule has 0 fully saturated rings. The van der Waals surface area contributed by atoms with E-state index in [9.17, 15) is 4.39 Å². The van der Waals surface area contributed by atoms with Gasteiger partial charge < -0.3 is 5.73 Å². The molecule has 0 amide bonds. The second-order valence-electron chi connectivity index (χ2n) is 5.47. The second-order valence-corrected chi connectivity index (χ2v) is 6.77. The Balaban J connectivity index is 2.31. The molecule has 5 heteroatoms. The lowest BCUT2D eigenvalue weighted by Crippen LogP contribution is -2.15.